The minimum atomic E-state index is -0.468. The number of aryl methyl sites for hydroxylation is 1. The molecule has 0 aromatic carbocycles. The molecule has 84 valence electrons. The molecular formula is C10H10ClN3O2. The Kier molecular flexibility index (Phi) is 2.78. The smallest absolute Gasteiger partial charge is 0.330 e. The minimum Gasteiger partial charge on any atom is -0.332 e. The molecule has 0 amide bonds. The Bertz CT molecular complexity index is 550. The lowest BCUT2D eigenvalue weighted by molar-refractivity contribution is -0.141. The van der Waals surface area contributed by atoms with Gasteiger partial charge >= 0.3 is 5.97 Å². The number of fused-ring (bicyclic) bond motifs is 1. The van der Waals surface area contributed by atoms with E-state index in [4.69, 9.17) is 16.4 Å². The minimum absolute atomic E-state index is 0.0888. The summed E-state index contributed by atoms with van der Waals surface area (Å²) in [5.41, 5.74) is 1.94. The van der Waals surface area contributed by atoms with Gasteiger partial charge in [-0.15, -0.1) is 4.73 Å². The largest absolute Gasteiger partial charge is 0.332 e. The molecule has 0 spiro atoms. The lowest BCUT2D eigenvalue weighted by Gasteiger charge is -2.03. The van der Waals surface area contributed by atoms with Gasteiger partial charge in [-0.3, -0.25) is 0 Å². The number of hydrogen-bond donors (Lipinski definition) is 0. The monoisotopic (exact) mass is 239 g/mol. The Hall–Kier alpha value is -1.62. The second kappa shape index (κ2) is 4.09. The molecule has 0 fully saturated rings. The summed E-state index contributed by atoms with van der Waals surface area (Å²) < 4.78 is 1.14. The van der Waals surface area contributed by atoms with Crippen LogP contribution in [0.1, 0.15) is 19.5 Å². The van der Waals surface area contributed by atoms with Crippen molar-refractivity contribution in [1.29, 1.82) is 0 Å². The summed E-state index contributed by atoms with van der Waals surface area (Å²) in [4.78, 5) is 24.2. The van der Waals surface area contributed by atoms with E-state index in [-0.39, 0.29) is 5.28 Å². The second-order valence-corrected chi connectivity index (χ2v) is 3.60. The molecular weight excluding hydrogens is 230 g/mol. The van der Waals surface area contributed by atoms with Crippen molar-refractivity contribution in [1.82, 2.24) is 14.7 Å². The van der Waals surface area contributed by atoms with Gasteiger partial charge in [0.15, 0.2) is 5.65 Å². The summed E-state index contributed by atoms with van der Waals surface area (Å²) in [5.74, 6) is -0.468. The fourth-order valence-corrected chi connectivity index (χ4v) is 1.56. The third-order valence-corrected chi connectivity index (χ3v) is 2.30. The molecule has 0 aliphatic carbocycles. The highest BCUT2D eigenvalue weighted by Gasteiger charge is 2.13. The van der Waals surface area contributed by atoms with Gasteiger partial charge in [-0.25, -0.2) is 14.8 Å². The molecule has 0 unspecified atom stereocenters. The lowest BCUT2D eigenvalue weighted by Crippen LogP contribution is -2.17. The van der Waals surface area contributed by atoms with E-state index in [0.29, 0.717) is 11.2 Å². The molecule has 2 heterocycles. The van der Waals surface area contributed by atoms with Crippen LogP contribution in [0.4, 0.5) is 0 Å². The van der Waals surface area contributed by atoms with Crippen LogP contribution in [0.25, 0.3) is 11.2 Å². The first-order valence-electron chi connectivity index (χ1n) is 4.84. The highest BCUT2D eigenvalue weighted by Crippen LogP contribution is 2.17. The Morgan fingerprint density at radius 3 is 2.88 bits per heavy atom. The van der Waals surface area contributed by atoms with Gasteiger partial charge in [0.05, 0.1) is 0 Å². The van der Waals surface area contributed by atoms with Crippen LogP contribution in [0.2, 0.25) is 5.28 Å². The van der Waals surface area contributed by atoms with Crippen LogP contribution >= 0.6 is 11.6 Å². The first-order chi connectivity index (χ1) is 7.61. The zero-order valence-electron chi connectivity index (χ0n) is 8.90. The van der Waals surface area contributed by atoms with Crippen molar-refractivity contribution >= 4 is 28.7 Å². The predicted octanol–water partition coefficient (Wildman–Crippen LogP) is 1.62. The van der Waals surface area contributed by atoms with Crippen molar-refractivity contribution in [2.24, 2.45) is 0 Å². The summed E-state index contributed by atoms with van der Waals surface area (Å²) in [6, 6.07) is 3.66. The topological polar surface area (TPSA) is 57.0 Å². The molecule has 2 rings (SSSR count). The molecule has 0 radical (unpaired) electrons. The summed E-state index contributed by atoms with van der Waals surface area (Å²) >= 11 is 5.84. The van der Waals surface area contributed by atoms with E-state index < -0.39 is 5.97 Å². The molecule has 2 aromatic rings. The number of halogens is 1. The summed E-state index contributed by atoms with van der Waals surface area (Å²) in [5, 5.41) is 0.0888. The summed E-state index contributed by atoms with van der Waals surface area (Å²) in [7, 11) is 0. The zero-order chi connectivity index (χ0) is 11.7. The first-order valence-corrected chi connectivity index (χ1v) is 5.22. The Morgan fingerprint density at radius 2 is 2.25 bits per heavy atom. The van der Waals surface area contributed by atoms with Gasteiger partial charge in [-0.05, 0) is 30.2 Å². The van der Waals surface area contributed by atoms with Gasteiger partial charge < -0.3 is 4.84 Å². The van der Waals surface area contributed by atoms with E-state index in [1.807, 2.05) is 13.0 Å². The standard InChI is InChI=1S/C10H10ClN3O2/c1-3-7-4-5-8-9(12-7)14(10(11)13-8)16-6(2)15/h4-5H,3H2,1-2H3. The zero-order valence-corrected chi connectivity index (χ0v) is 9.65. The van der Waals surface area contributed by atoms with Gasteiger partial charge in [0, 0.05) is 12.6 Å². The number of imidazole rings is 1. The first kappa shape index (κ1) is 10.9. The molecule has 0 atom stereocenters. The van der Waals surface area contributed by atoms with Crippen molar-refractivity contribution in [3.8, 4) is 0 Å². The molecule has 0 bridgehead atoms. The highest BCUT2D eigenvalue weighted by molar-refractivity contribution is 6.29. The predicted molar refractivity (Wildman–Crippen MR) is 59.2 cm³/mol. The molecule has 0 saturated carbocycles. The van der Waals surface area contributed by atoms with Crippen LogP contribution in [0, 0.1) is 0 Å². The SMILES string of the molecule is CCc1ccc2nc(Cl)n(OC(C)=O)c2n1. The van der Waals surface area contributed by atoms with Gasteiger partial charge in [0.1, 0.15) is 5.52 Å². The third kappa shape index (κ3) is 1.86. The van der Waals surface area contributed by atoms with E-state index in [9.17, 15) is 4.79 Å². The second-order valence-electron chi connectivity index (χ2n) is 3.26. The normalized spacial score (nSPS) is 10.7. The molecule has 6 heteroatoms. The van der Waals surface area contributed by atoms with Crippen molar-refractivity contribution in [3.05, 3.63) is 23.1 Å². The summed E-state index contributed by atoms with van der Waals surface area (Å²) in [6.45, 7) is 3.29. The molecule has 16 heavy (non-hydrogen) atoms. The molecule has 5 nitrogen and oxygen atoms in total. The van der Waals surface area contributed by atoms with E-state index in [2.05, 4.69) is 9.97 Å². The van der Waals surface area contributed by atoms with Crippen LogP contribution in [0.15, 0.2) is 12.1 Å². The molecule has 2 aromatic heterocycles. The van der Waals surface area contributed by atoms with Crippen LogP contribution in [0.3, 0.4) is 0 Å². The Labute approximate surface area is 97.0 Å². The van der Waals surface area contributed by atoms with E-state index in [1.165, 1.54) is 6.92 Å². The molecule has 0 saturated heterocycles. The number of hydrogen-bond acceptors (Lipinski definition) is 4. The van der Waals surface area contributed by atoms with Crippen molar-refractivity contribution in [3.63, 3.8) is 0 Å². The third-order valence-electron chi connectivity index (χ3n) is 2.07. The van der Waals surface area contributed by atoms with Gasteiger partial charge in [0.2, 0.25) is 5.28 Å². The van der Waals surface area contributed by atoms with Crippen molar-refractivity contribution in [2.75, 3.05) is 0 Å². The van der Waals surface area contributed by atoms with Crippen LogP contribution in [-0.2, 0) is 11.2 Å². The number of carbonyl (C=O) groups is 1. The average Bonchev–Trinajstić information content (AvgIpc) is 2.54. The maximum atomic E-state index is 10.9. The van der Waals surface area contributed by atoms with Crippen LogP contribution in [0.5, 0.6) is 0 Å². The van der Waals surface area contributed by atoms with E-state index in [1.54, 1.807) is 6.07 Å². The van der Waals surface area contributed by atoms with Gasteiger partial charge in [0.25, 0.3) is 0 Å². The van der Waals surface area contributed by atoms with Crippen molar-refractivity contribution < 1.29 is 9.63 Å². The van der Waals surface area contributed by atoms with Crippen molar-refractivity contribution in [2.45, 2.75) is 20.3 Å². The van der Waals surface area contributed by atoms with Crippen LogP contribution < -0.4 is 4.84 Å². The molecule has 0 aliphatic rings. The average molecular weight is 240 g/mol. The Balaban J connectivity index is 2.61. The highest BCUT2D eigenvalue weighted by atomic mass is 35.5. The van der Waals surface area contributed by atoms with Gasteiger partial charge in [-0.2, -0.15) is 0 Å². The number of aromatic nitrogens is 3. The lowest BCUT2D eigenvalue weighted by atomic mass is 10.3. The number of carbonyl (C=O) groups excluding carboxylic acids is 1. The fraction of sp³-hybridized carbons (Fsp3) is 0.300. The van der Waals surface area contributed by atoms with E-state index >= 15 is 0 Å². The fourth-order valence-electron chi connectivity index (χ4n) is 1.36. The van der Waals surface area contributed by atoms with E-state index in [0.717, 1.165) is 16.8 Å². The summed E-state index contributed by atoms with van der Waals surface area (Å²) in [6.07, 6.45) is 0.790. The quantitative estimate of drug-likeness (QED) is 0.799. The number of nitrogens with zero attached hydrogens (tertiary/aromatic N) is 3. The number of rotatable bonds is 2. The maximum Gasteiger partial charge on any atom is 0.330 e. The molecule has 0 aliphatic heterocycles. The number of pyridine rings is 1. The van der Waals surface area contributed by atoms with Gasteiger partial charge in [-0.1, -0.05) is 6.92 Å². The maximum absolute atomic E-state index is 10.9. The molecule has 0 N–H and O–H groups in total. The Morgan fingerprint density at radius 1 is 1.50 bits per heavy atom. The van der Waals surface area contributed by atoms with Crippen LogP contribution in [-0.4, -0.2) is 20.7 Å².